The molecule has 0 spiro atoms. The number of rotatable bonds is 4. The lowest BCUT2D eigenvalue weighted by Crippen LogP contribution is -2.57. The van der Waals surface area contributed by atoms with E-state index in [4.69, 9.17) is 0 Å². The minimum Gasteiger partial charge on any atom is -0.368 e. The van der Waals surface area contributed by atoms with Crippen molar-refractivity contribution < 1.29 is 26.7 Å². The maximum absolute atomic E-state index is 14.3. The van der Waals surface area contributed by atoms with E-state index in [-0.39, 0.29) is 18.1 Å². The van der Waals surface area contributed by atoms with Crippen molar-refractivity contribution in [2.75, 3.05) is 18.4 Å². The third-order valence-electron chi connectivity index (χ3n) is 5.11. The number of likely N-dealkylation sites (tertiary alicyclic amines) is 1. The van der Waals surface area contributed by atoms with Crippen molar-refractivity contribution in [3.63, 3.8) is 0 Å². The molecule has 0 saturated carbocycles. The van der Waals surface area contributed by atoms with E-state index in [9.17, 15) is 26.7 Å². The number of aromatic nitrogens is 2. The summed E-state index contributed by atoms with van der Waals surface area (Å²) in [5.74, 6) is -4.12. The zero-order valence-corrected chi connectivity index (χ0v) is 18.3. The van der Waals surface area contributed by atoms with Gasteiger partial charge in [0.15, 0.2) is 0 Å². The Morgan fingerprint density at radius 1 is 1.29 bits per heavy atom. The molecule has 168 valence electrons. The topological polar surface area (TPSA) is 58.1 Å². The van der Waals surface area contributed by atoms with Gasteiger partial charge in [-0.25, -0.2) is 18.7 Å². The van der Waals surface area contributed by atoms with Crippen LogP contribution in [0.2, 0.25) is 0 Å². The molecule has 0 aliphatic carbocycles. The van der Waals surface area contributed by atoms with Crippen LogP contribution in [0, 0.1) is 12.8 Å². The standard InChI is InChI=1S/C20H20BrF5N4O/c1-11-7-19(22,23)10-30(18(31)17-14(21)5-3-12(2)29-17)15(11)9-28-16-6-4-13(8-27-16)20(24,25)26/h3-6,8,11,15H,7,9-10H2,1-2H3,(H,27,28)/t11-,15-/m1/s1. The molecule has 2 atom stereocenters. The van der Waals surface area contributed by atoms with Gasteiger partial charge in [-0.1, -0.05) is 6.92 Å². The predicted octanol–water partition coefficient (Wildman–Crippen LogP) is 5.16. The van der Waals surface area contributed by atoms with E-state index in [1.807, 2.05) is 0 Å². The smallest absolute Gasteiger partial charge is 0.368 e. The van der Waals surface area contributed by atoms with E-state index in [0.717, 1.165) is 17.0 Å². The number of nitrogens with zero attached hydrogens (tertiary/aromatic N) is 3. The third kappa shape index (κ3) is 5.50. The quantitative estimate of drug-likeness (QED) is 0.581. The average Bonchev–Trinajstić information content (AvgIpc) is 2.67. The number of hydrogen-bond donors (Lipinski definition) is 1. The van der Waals surface area contributed by atoms with Crippen molar-refractivity contribution in [2.24, 2.45) is 5.92 Å². The highest BCUT2D eigenvalue weighted by Gasteiger charge is 2.46. The van der Waals surface area contributed by atoms with Gasteiger partial charge in [-0.05, 0) is 53.0 Å². The zero-order chi connectivity index (χ0) is 23.0. The normalized spacial score (nSPS) is 21.1. The summed E-state index contributed by atoms with van der Waals surface area (Å²) in [5, 5.41) is 2.86. The molecule has 2 aromatic heterocycles. The van der Waals surface area contributed by atoms with Crippen LogP contribution in [-0.4, -0.2) is 45.8 Å². The van der Waals surface area contributed by atoms with Crippen LogP contribution in [0.3, 0.4) is 0 Å². The Labute approximate surface area is 184 Å². The van der Waals surface area contributed by atoms with E-state index in [1.165, 1.54) is 0 Å². The lowest BCUT2D eigenvalue weighted by Gasteiger charge is -2.43. The molecular weight excluding hydrogens is 487 g/mol. The number of piperidine rings is 1. The highest BCUT2D eigenvalue weighted by Crippen LogP contribution is 2.36. The molecule has 2 aromatic rings. The molecular formula is C20H20BrF5N4O. The first-order valence-corrected chi connectivity index (χ1v) is 10.3. The van der Waals surface area contributed by atoms with Crippen LogP contribution in [0.25, 0.3) is 0 Å². The Morgan fingerprint density at radius 3 is 2.61 bits per heavy atom. The summed E-state index contributed by atoms with van der Waals surface area (Å²) in [6.45, 7) is 2.57. The number of amides is 1. The van der Waals surface area contributed by atoms with Crippen LogP contribution in [0.1, 0.15) is 35.1 Å². The van der Waals surface area contributed by atoms with Gasteiger partial charge in [0.1, 0.15) is 11.5 Å². The van der Waals surface area contributed by atoms with Gasteiger partial charge in [0.25, 0.3) is 11.8 Å². The zero-order valence-electron chi connectivity index (χ0n) is 16.7. The first kappa shape index (κ1) is 23.4. The minimum atomic E-state index is -4.51. The number of anilines is 1. The summed E-state index contributed by atoms with van der Waals surface area (Å²) in [4.78, 5) is 22.1. The van der Waals surface area contributed by atoms with E-state index in [0.29, 0.717) is 16.4 Å². The Morgan fingerprint density at radius 2 is 2.00 bits per heavy atom. The second-order valence-electron chi connectivity index (χ2n) is 7.63. The Balaban J connectivity index is 1.82. The molecule has 11 heteroatoms. The fraction of sp³-hybridized carbons (Fsp3) is 0.450. The molecule has 3 heterocycles. The van der Waals surface area contributed by atoms with E-state index in [2.05, 4.69) is 31.2 Å². The molecule has 1 aliphatic rings. The number of aryl methyl sites for hydroxylation is 1. The largest absolute Gasteiger partial charge is 0.417 e. The maximum Gasteiger partial charge on any atom is 0.417 e. The third-order valence-corrected chi connectivity index (χ3v) is 5.75. The van der Waals surface area contributed by atoms with Crippen LogP contribution >= 0.6 is 15.9 Å². The molecule has 31 heavy (non-hydrogen) atoms. The van der Waals surface area contributed by atoms with Gasteiger partial charge in [0.2, 0.25) is 0 Å². The minimum absolute atomic E-state index is 0.0301. The predicted molar refractivity (Wildman–Crippen MR) is 108 cm³/mol. The molecule has 1 aliphatic heterocycles. The van der Waals surface area contributed by atoms with Crippen LogP contribution in [0.15, 0.2) is 34.9 Å². The Hall–Kier alpha value is -2.30. The second kappa shape index (κ2) is 8.68. The first-order chi connectivity index (χ1) is 14.4. The Kier molecular flexibility index (Phi) is 6.54. The van der Waals surface area contributed by atoms with Crippen molar-refractivity contribution in [2.45, 2.75) is 38.4 Å². The molecule has 0 radical (unpaired) electrons. The monoisotopic (exact) mass is 506 g/mol. The van der Waals surface area contributed by atoms with Crippen LogP contribution in [0.4, 0.5) is 27.8 Å². The molecule has 5 nitrogen and oxygen atoms in total. The van der Waals surface area contributed by atoms with Gasteiger partial charge >= 0.3 is 6.18 Å². The summed E-state index contributed by atoms with van der Waals surface area (Å²) >= 11 is 3.24. The summed E-state index contributed by atoms with van der Waals surface area (Å²) in [5.41, 5.74) is -0.301. The van der Waals surface area contributed by atoms with E-state index in [1.54, 1.807) is 26.0 Å². The first-order valence-electron chi connectivity index (χ1n) is 9.46. The number of nitrogens with one attached hydrogen (secondary N) is 1. The Bertz CT molecular complexity index is 952. The van der Waals surface area contributed by atoms with E-state index >= 15 is 0 Å². The summed E-state index contributed by atoms with van der Waals surface area (Å²) in [7, 11) is 0. The van der Waals surface area contributed by atoms with Crippen LogP contribution < -0.4 is 5.32 Å². The molecule has 0 aromatic carbocycles. The number of alkyl halides is 5. The van der Waals surface area contributed by atoms with Crippen molar-refractivity contribution >= 4 is 27.7 Å². The number of hydrogen-bond acceptors (Lipinski definition) is 4. The van der Waals surface area contributed by atoms with Crippen molar-refractivity contribution in [1.29, 1.82) is 0 Å². The summed E-state index contributed by atoms with van der Waals surface area (Å²) in [6.07, 6.45) is -4.23. The highest BCUT2D eigenvalue weighted by atomic mass is 79.9. The van der Waals surface area contributed by atoms with Crippen molar-refractivity contribution in [1.82, 2.24) is 14.9 Å². The van der Waals surface area contributed by atoms with Gasteiger partial charge in [0.05, 0.1) is 18.2 Å². The molecule has 3 rings (SSSR count). The lowest BCUT2D eigenvalue weighted by atomic mass is 9.88. The maximum atomic E-state index is 14.3. The second-order valence-corrected chi connectivity index (χ2v) is 8.49. The summed E-state index contributed by atoms with van der Waals surface area (Å²) in [6, 6.07) is 4.72. The lowest BCUT2D eigenvalue weighted by molar-refractivity contribution is -0.137. The fourth-order valence-corrected chi connectivity index (χ4v) is 3.97. The number of pyridine rings is 2. The van der Waals surface area contributed by atoms with Gasteiger partial charge in [-0.2, -0.15) is 13.2 Å². The molecule has 1 saturated heterocycles. The van der Waals surface area contributed by atoms with E-state index < -0.39 is 48.5 Å². The fourth-order valence-electron chi connectivity index (χ4n) is 3.58. The average molecular weight is 507 g/mol. The summed E-state index contributed by atoms with van der Waals surface area (Å²) < 4.78 is 67.1. The number of carbonyl (C=O) groups is 1. The number of carbonyl (C=O) groups excluding carboxylic acids is 1. The van der Waals surface area contributed by atoms with Crippen LogP contribution in [-0.2, 0) is 6.18 Å². The SMILES string of the molecule is Cc1ccc(Br)c(C(=O)N2CC(F)(F)C[C@@H](C)[C@H]2CNc2ccc(C(F)(F)F)cn2)n1. The molecule has 0 bridgehead atoms. The molecule has 1 N–H and O–H groups in total. The van der Waals surface area contributed by atoms with Crippen LogP contribution in [0.5, 0.6) is 0 Å². The molecule has 1 amide bonds. The van der Waals surface area contributed by atoms with Crippen molar-refractivity contribution in [3.05, 3.63) is 51.9 Å². The van der Waals surface area contributed by atoms with Gasteiger partial charge in [-0.15, -0.1) is 0 Å². The highest BCUT2D eigenvalue weighted by molar-refractivity contribution is 9.10. The number of halogens is 6. The molecule has 0 unspecified atom stereocenters. The van der Waals surface area contributed by atoms with Gasteiger partial charge in [-0.3, -0.25) is 4.79 Å². The van der Waals surface area contributed by atoms with Gasteiger partial charge in [0, 0.05) is 29.3 Å². The molecule has 1 fully saturated rings. The van der Waals surface area contributed by atoms with Gasteiger partial charge < -0.3 is 10.2 Å². The van der Waals surface area contributed by atoms with Crippen molar-refractivity contribution in [3.8, 4) is 0 Å².